The molecule has 2 unspecified atom stereocenters. The van der Waals surface area contributed by atoms with E-state index in [4.69, 9.17) is 4.74 Å². The molecule has 1 aromatic rings. The number of aliphatic hydroxyl groups excluding tert-OH is 1. The summed E-state index contributed by atoms with van der Waals surface area (Å²) >= 11 is 0. The number of aliphatic hydroxyl groups is 1. The first-order valence-corrected chi connectivity index (χ1v) is 8.92. The third-order valence-electron chi connectivity index (χ3n) is 4.44. The first-order chi connectivity index (χ1) is 11.5. The van der Waals surface area contributed by atoms with E-state index >= 15 is 0 Å². The van der Waals surface area contributed by atoms with Crippen LogP contribution < -0.4 is 5.32 Å². The molecule has 2 atom stereocenters. The molecule has 0 bridgehead atoms. The lowest BCUT2D eigenvalue weighted by molar-refractivity contribution is 0.0360. The number of nitrogens with zero attached hydrogens (tertiary/aromatic N) is 1. The van der Waals surface area contributed by atoms with Gasteiger partial charge in [0.25, 0.3) is 0 Å². The molecular weight excluding hydrogens is 304 g/mol. The van der Waals surface area contributed by atoms with Gasteiger partial charge in [-0.1, -0.05) is 44.2 Å². The summed E-state index contributed by atoms with van der Waals surface area (Å²) in [6.07, 6.45) is 2.11. The normalized spacial score (nSPS) is 21.7. The Bertz CT molecular complexity index is 493. The summed E-state index contributed by atoms with van der Waals surface area (Å²) in [6.45, 7) is 7.23. The second kappa shape index (κ2) is 9.64. The van der Waals surface area contributed by atoms with E-state index < -0.39 is 12.2 Å². The summed E-state index contributed by atoms with van der Waals surface area (Å²) in [5.41, 5.74) is 0.952. The summed E-state index contributed by atoms with van der Waals surface area (Å²) in [4.78, 5) is 14.2. The predicted octanol–water partition coefficient (Wildman–Crippen LogP) is 2.78. The van der Waals surface area contributed by atoms with Gasteiger partial charge in [-0.3, -0.25) is 0 Å². The highest BCUT2D eigenvalue weighted by Crippen LogP contribution is 2.14. The highest BCUT2D eigenvalue weighted by Gasteiger charge is 2.28. The number of piperidine rings is 1. The van der Waals surface area contributed by atoms with Crippen LogP contribution in [0.25, 0.3) is 0 Å². The minimum absolute atomic E-state index is 0.227. The van der Waals surface area contributed by atoms with Crippen molar-refractivity contribution in [2.45, 2.75) is 51.9 Å². The lowest BCUT2D eigenvalue weighted by atomic mass is 10.0. The maximum atomic E-state index is 11.9. The Morgan fingerprint density at radius 2 is 2.12 bits per heavy atom. The Labute approximate surface area is 145 Å². The first-order valence-electron chi connectivity index (χ1n) is 8.92. The molecule has 1 aromatic carbocycles. The summed E-state index contributed by atoms with van der Waals surface area (Å²) in [7, 11) is 0. The van der Waals surface area contributed by atoms with Crippen molar-refractivity contribution in [3.63, 3.8) is 0 Å². The molecule has 1 fully saturated rings. The fourth-order valence-corrected chi connectivity index (χ4v) is 3.01. The second-order valence-corrected chi connectivity index (χ2v) is 7.01. The molecule has 1 saturated heterocycles. The molecule has 0 spiro atoms. The summed E-state index contributed by atoms with van der Waals surface area (Å²) in [5, 5.41) is 13.1. The average Bonchev–Trinajstić information content (AvgIpc) is 2.56. The highest BCUT2D eigenvalue weighted by molar-refractivity contribution is 5.67. The van der Waals surface area contributed by atoms with Crippen LogP contribution >= 0.6 is 0 Å². The minimum atomic E-state index is -0.540. The topological polar surface area (TPSA) is 61.8 Å². The number of ether oxygens (including phenoxy) is 1. The van der Waals surface area contributed by atoms with Gasteiger partial charge in [0.05, 0.1) is 12.1 Å². The van der Waals surface area contributed by atoms with Gasteiger partial charge in [0.2, 0.25) is 0 Å². The molecule has 5 heteroatoms. The van der Waals surface area contributed by atoms with Crippen LogP contribution in [0.2, 0.25) is 0 Å². The first kappa shape index (κ1) is 18.7. The second-order valence-electron chi connectivity index (χ2n) is 7.01. The Morgan fingerprint density at radius 1 is 1.38 bits per heavy atom. The van der Waals surface area contributed by atoms with E-state index in [0.29, 0.717) is 12.5 Å². The molecule has 24 heavy (non-hydrogen) atoms. The number of carbonyl (C=O) groups is 1. The van der Waals surface area contributed by atoms with Gasteiger partial charge in [-0.15, -0.1) is 0 Å². The van der Waals surface area contributed by atoms with Crippen LogP contribution in [-0.4, -0.2) is 47.9 Å². The van der Waals surface area contributed by atoms with Crippen LogP contribution in [0, 0.1) is 5.92 Å². The van der Waals surface area contributed by atoms with Gasteiger partial charge in [0.1, 0.15) is 6.61 Å². The van der Waals surface area contributed by atoms with Gasteiger partial charge in [-0.25, -0.2) is 4.79 Å². The largest absolute Gasteiger partial charge is 0.445 e. The maximum Gasteiger partial charge on any atom is 0.407 e. The van der Waals surface area contributed by atoms with Gasteiger partial charge in [0.15, 0.2) is 0 Å². The molecule has 0 aliphatic carbocycles. The number of carbonyl (C=O) groups excluding carboxylic acids is 1. The Morgan fingerprint density at radius 3 is 2.79 bits per heavy atom. The van der Waals surface area contributed by atoms with E-state index in [2.05, 4.69) is 24.1 Å². The molecule has 1 aliphatic heterocycles. The minimum Gasteiger partial charge on any atom is -0.445 e. The van der Waals surface area contributed by atoms with Crippen molar-refractivity contribution in [1.29, 1.82) is 0 Å². The van der Waals surface area contributed by atoms with Crippen LogP contribution in [0.4, 0.5) is 4.79 Å². The SMILES string of the molecule is CC(C)CCCN1CCC(NC(=O)OCc2ccccc2)C(O)C1. The van der Waals surface area contributed by atoms with E-state index in [1.54, 1.807) is 0 Å². The molecule has 1 heterocycles. The number of benzene rings is 1. The van der Waals surface area contributed by atoms with Crippen LogP contribution in [-0.2, 0) is 11.3 Å². The van der Waals surface area contributed by atoms with Crippen molar-refractivity contribution in [1.82, 2.24) is 10.2 Å². The molecule has 0 radical (unpaired) electrons. The molecule has 5 nitrogen and oxygen atoms in total. The number of β-amino-alcohol motifs (C(OH)–C–C–N with tert-alkyl or cyclic N) is 1. The molecule has 134 valence electrons. The fraction of sp³-hybridized carbons (Fsp3) is 0.632. The third kappa shape index (κ3) is 6.49. The highest BCUT2D eigenvalue weighted by atomic mass is 16.5. The standard InChI is InChI=1S/C19H30N2O3/c1-15(2)7-6-11-21-12-10-17(18(22)13-21)20-19(23)24-14-16-8-4-3-5-9-16/h3-5,8-9,15,17-18,22H,6-7,10-14H2,1-2H3,(H,20,23). The fourth-order valence-electron chi connectivity index (χ4n) is 3.01. The number of amides is 1. The average molecular weight is 334 g/mol. The van der Waals surface area contributed by atoms with Crippen LogP contribution in [0.15, 0.2) is 30.3 Å². The predicted molar refractivity (Wildman–Crippen MR) is 94.7 cm³/mol. The number of hydrogen-bond acceptors (Lipinski definition) is 4. The van der Waals surface area contributed by atoms with Gasteiger partial charge in [-0.05, 0) is 37.3 Å². The molecule has 2 N–H and O–H groups in total. The molecule has 1 amide bonds. The van der Waals surface area contributed by atoms with Gasteiger partial charge < -0.3 is 20.1 Å². The quantitative estimate of drug-likeness (QED) is 0.805. The van der Waals surface area contributed by atoms with Crippen molar-refractivity contribution in [2.75, 3.05) is 19.6 Å². The smallest absolute Gasteiger partial charge is 0.407 e. The van der Waals surface area contributed by atoms with Crippen molar-refractivity contribution < 1.29 is 14.6 Å². The van der Waals surface area contributed by atoms with Gasteiger partial charge >= 0.3 is 6.09 Å². The van der Waals surface area contributed by atoms with E-state index in [9.17, 15) is 9.90 Å². The zero-order chi connectivity index (χ0) is 17.4. The van der Waals surface area contributed by atoms with Crippen LogP contribution in [0.3, 0.4) is 0 Å². The van der Waals surface area contributed by atoms with E-state index in [1.807, 2.05) is 30.3 Å². The Hall–Kier alpha value is -1.59. The van der Waals surface area contributed by atoms with Gasteiger partial charge in [-0.2, -0.15) is 0 Å². The van der Waals surface area contributed by atoms with E-state index in [0.717, 1.165) is 31.5 Å². The summed E-state index contributed by atoms with van der Waals surface area (Å²) < 4.78 is 5.22. The number of alkyl carbamates (subject to hydrolysis) is 1. The number of rotatable bonds is 7. The third-order valence-corrected chi connectivity index (χ3v) is 4.44. The number of nitrogens with one attached hydrogen (secondary N) is 1. The van der Waals surface area contributed by atoms with Crippen LogP contribution in [0.5, 0.6) is 0 Å². The zero-order valence-corrected chi connectivity index (χ0v) is 14.8. The van der Waals surface area contributed by atoms with Crippen molar-refractivity contribution in [2.24, 2.45) is 5.92 Å². The zero-order valence-electron chi connectivity index (χ0n) is 14.8. The van der Waals surface area contributed by atoms with E-state index in [-0.39, 0.29) is 12.6 Å². The van der Waals surface area contributed by atoms with Gasteiger partial charge in [0, 0.05) is 13.1 Å². The number of likely N-dealkylation sites (tertiary alicyclic amines) is 1. The van der Waals surface area contributed by atoms with Crippen molar-refractivity contribution >= 4 is 6.09 Å². The van der Waals surface area contributed by atoms with Crippen molar-refractivity contribution in [3.8, 4) is 0 Å². The van der Waals surface area contributed by atoms with Crippen LogP contribution in [0.1, 0.15) is 38.7 Å². The lowest BCUT2D eigenvalue weighted by Crippen LogP contribution is -2.54. The molecular formula is C19H30N2O3. The van der Waals surface area contributed by atoms with Crippen molar-refractivity contribution in [3.05, 3.63) is 35.9 Å². The lowest BCUT2D eigenvalue weighted by Gasteiger charge is -2.36. The monoisotopic (exact) mass is 334 g/mol. The number of hydrogen-bond donors (Lipinski definition) is 2. The molecule has 1 aliphatic rings. The Kier molecular flexibility index (Phi) is 7.53. The summed E-state index contributed by atoms with van der Waals surface area (Å²) in [6, 6.07) is 9.35. The molecule has 0 saturated carbocycles. The molecule has 2 rings (SSSR count). The Balaban J connectivity index is 1.67. The maximum absolute atomic E-state index is 11.9. The summed E-state index contributed by atoms with van der Waals surface area (Å²) in [5.74, 6) is 0.716. The molecule has 0 aromatic heterocycles. The van der Waals surface area contributed by atoms with E-state index in [1.165, 1.54) is 6.42 Å².